The molecule has 82 heavy (non-hydrogen) atoms. The van der Waals surface area contributed by atoms with E-state index in [0.29, 0.717) is 25.8 Å². The van der Waals surface area contributed by atoms with Crippen molar-refractivity contribution in [3.63, 3.8) is 0 Å². The van der Waals surface area contributed by atoms with Crippen LogP contribution >= 0.6 is 61.7 Å². The van der Waals surface area contributed by atoms with Crippen LogP contribution in [0.1, 0.15) is 31.9 Å². The minimum absolute atomic E-state index is 0.0459. The third-order valence-corrected chi connectivity index (χ3v) is 14.4. The van der Waals surface area contributed by atoms with Gasteiger partial charge >= 0.3 is 65.5 Å². The maximum absolute atomic E-state index is 10.9. The minimum Gasteiger partial charge on any atom is -0.497 e. The van der Waals surface area contributed by atoms with Crippen molar-refractivity contribution in [1.82, 2.24) is 0 Å². The van der Waals surface area contributed by atoms with Crippen LogP contribution in [0.5, 0.6) is 11.5 Å². The summed E-state index contributed by atoms with van der Waals surface area (Å²) in [4.78, 5) is 129. The standard InChI is InChI=1S/C9H12O2.C8H11O4P.C7H9O5P.C3H8O6P2.C3H7O4P.C3H6O2.C2H7O5P.C2H7O4P.CH5O4P/c1-10-8-11-7-9-5-3-2-4-6-9;1-11-13(9,10)12-7-8-5-3-2-4-6-8;1-11-6-2-4-7(5-3-6)12-13(8,9)10;1-9-11(7,8)3(4)10(2,5)6;1-3(4)8(5,6)7-2;1-3(4)5-2;1-6-2-7-8(3,4)5;1-2-6-7(3,4)5;1-5-6(2,3)4/h2-6H,7-8H2,1H3;2-6H,7H2,1H3,(H,9,10);2-5H,1H3,(H2,8,9,10);1-2H3,(H,5,6)(H,7,8);1-2H3,(H,5,6);1-2H3;2H2,1H3,(H2,3,4,5);2H2,1H3,(H2,3,4,5);1H3,(H2,2,3,4). The van der Waals surface area contributed by atoms with Crippen molar-refractivity contribution in [2.24, 2.45) is 0 Å². The molecule has 4 unspecified atom stereocenters. The fourth-order valence-corrected chi connectivity index (χ4v) is 7.03. The molecule has 0 heterocycles. The smallest absolute Gasteiger partial charge is 0.497 e. The van der Waals surface area contributed by atoms with Crippen LogP contribution < -0.4 is 9.26 Å². The third kappa shape index (κ3) is 66.2. The highest BCUT2D eigenvalue weighted by Crippen LogP contribution is 2.57. The summed E-state index contributed by atoms with van der Waals surface area (Å²) >= 11 is 0. The first-order chi connectivity index (χ1) is 37.3. The molecule has 0 aromatic heterocycles. The molecule has 0 aliphatic rings. The summed E-state index contributed by atoms with van der Waals surface area (Å²) in [5, 5.41) is -1.65. The fraction of sp³-hybridized carbons (Fsp3) is 0.447. The normalized spacial score (nSPS) is 13.6. The van der Waals surface area contributed by atoms with Crippen molar-refractivity contribution < 1.29 is 169 Å². The monoisotopic (exact) mass is 1350 g/mol. The first-order valence-corrected chi connectivity index (χ1v) is 33.9. The van der Waals surface area contributed by atoms with Crippen LogP contribution in [0.2, 0.25) is 0 Å². The van der Waals surface area contributed by atoms with Crippen LogP contribution in [0.4, 0.5) is 4.79 Å². The van der Waals surface area contributed by atoms with Gasteiger partial charge in [-0.05, 0) is 42.3 Å². The first-order valence-electron chi connectivity index (χ1n) is 21.0. The van der Waals surface area contributed by atoms with Gasteiger partial charge in [0, 0.05) is 63.2 Å². The molecule has 0 saturated carbocycles. The van der Waals surface area contributed by atoms with Gasteiger partial charge in [0.15, 0.2) is 6.79 Å². The lowest BCUT2D eigenvalue weighted by molar-refractivity contribution is -0.138. The number of phosphoric ester groups is 5. The van der Waals surface area contributed by atoms with Gasteiger partial charge in [-0.25, -0.2) is 22.8 Å². The van der Waals surface area contributed by atoms with E-state index in [-0.39, 0.29) is 31.7 Å². The van der Waals surface area contributed by atoms with E-state index in [9.17, 15) is 50.9 Å². The minimum atomic E-state index is -4.54. The zero-order valence-corrected chi connectivity index (χ0v) is 53.0. The largest absolute Gasteiger partial charge is 0.524 e. The van der Waals surface area contributed by atoms with Crippen molar-refractivity contribution in [1.29, 1.82) is 0 Å². The van der Waals surface area contributed by atoms with Gasteiger partial charge in [0.1, 0.15) is 18.3 Å². The molecule has 0 fully saturated rings. The topological polar surface area (TPSA) is 551 Å². The first kappa shape index (κ1) is 90.2. The second-order valence-corrected chi connectivity index (χ2v) is 26.2. The molecule has 0 saturated heterocycles. The lowest BCUT2D eigenvalue weighted by Gasteiger charge is -2.08. The number of phosphoric acid groups is 5. The molecule has 0 aliphatic carbocycles. The van der Waals surface area contributed by atoms with Crippen LogP contribution in [-0.4, -0.2) is 159 Å². The van der Waals surface area contributed by atoms with Gasteiger partial charge in [-0.15, -0.1) is 0 Å². The Balaban J connectivity index is -0.000000201. The molecular weight excluding hydrogens is 1280 g/mol. The molecule has 44 heteroatoms. The highest BCUT2D eigenvalue weighted by Gasteiger charge is 2.40. The van der Waals surface area contributed by atoms with Crippen LogP contribution in [0.15, 0.2) is 84.9 Å². The summed E-state index contributed by atoms with van der Waals surface area (Å²) < 4.78 is 137. The summed E-state index contributed by atoms with van der Waals surface area (Å²) in [5.41, 5.74) is 1.17. The number of carbonyl (C=O) groups excluding carboxylic acids is 3. The summed E-state index contributed by atoms with van der Waals surface area (Å²) in [5.74, 6) is 0.456. The Bertz CT molecular complexity index is 2540. The molecule has 3 aromatic carbocycles. The van der Waals surface area contributed by atoms with Crippen LogP contribution in [0.25, 0.3) is 0 Å². The zero-order chi connectivity index (χ0) is 65.7. The van der Waals surface area contributed by atoms with Gasteiger partial charge in [-0.2, -0.15) is 0 Å². The number of carbonyl (C=O) groups is 3. The van der Waals surface area contributed by atoms with Crippen molar-refractivity contribution in [3.8, 4) is 11.5 Å². The SMILES string of the molecule is CCOP(=O)(O)O.COC(C)=O.COCOCc1ccccc1.COCOP(=O)(O)O.COP(=O)(O)C(=O)P(C)(=O)O.COP(=O)(O)C(C)=O.COP(=O)(O)O.COP(=O)(O)OCc1ccccc1.COc1ccc(OP(=O)(O)O)cc1. The maximum atomic E-state index is 10.9. The lowest BCUT2D eigenvalue weighted by Crippen LogP contribution is -1.98. The van der Waals surface area contributed by atoms with Gasteiger partial charge < -0.3 is 86.2 Å². The van der Waals surface area contributed by atoms with Gasteiger partial charge in [0.25, 0.3) is 7.37 Å². The van der Waals surface area contributed by atoms with E-state index in [2.05, 4.69) is 45.7 Å². The summed E-state index contributed by atoms with van der Waals surface area (Å²) in [6.45, 7) is 5.27. The number of rotatable bonds is 22. The molecule has 3 aromatic rings. The molecule has 0 bridgehead atoms. The van der Waals surface area contributed by atoms with Crippen LogP contribution in [-0.2, 0) is 110 Å². The van der Waals surface area contributed by atoms with Crippen LogP contribution in [0.3, 0.4) is 0 Å². The molecule has 0 radical (unpaired) electrons. The van der Waals surface area contributed by atoms with Crippen molar-refractivity contribution in [2.45, 2.75) is 34.0 Å². The Morgan fingerprint density at radius 3 is 1.05 bits per heavy atom. The summed E-state index contributed by atoms with van der Waals surface area (Å²) in [6.07, 6.45) is 0. The predicted octanol–water partition coefficient (Wildman–Crippen LogP) is 5.85. The Kier molecular flexibility index (Phi) is 53.0. The molecule has 0 aliphatic heterocycles. The molecule has 0 amide bonds. The average molecular weight is 1350 g/mol. The average Bonchev–Trinajstić information content (AvgIpc) is 3.38. The second kappa shape index (κ2) is 48.2. The van der Waals surface area contributed by atoms with Crippen molar-refractivity contribution in [2.75, 3.05) is 83.7 Å². The van der Waals surface area contributed by atoms with E-state index < -0.39 is 72.5 Å². The summed E-state index contributed by atoms with van der Waals surface area (Å²) in [6, 6.07) is 25.1. The van der Waals surface area contributed by atoms with Gasteiger partial charge in [0.2, 0.25) is 5.52 Å². The quantitative estimate of drug-likeness (QED) is 0.0243. The number of ether oxygens (including phenoxy) is 5. The predicted molar refractivity (Wildman–Crippen MR) is 288 cm³/mol. The van der Waals surface area contributed by atoms with Gasteiger partial charge in [-0.1, -0.05) is 60.7 Å². The molecule has 480 valence electrons. The van der Waals surface area contributed by atoms with Gasteiger partial charge in [0.05, 0.1) is 34.0 Å². The fourth-order valence-electron chi connectivity index (χ4n) is 3.10. The summed E-state index contributed by atoms with van der Waals surface area (Å²) in [7, 11) is -23.9. The number of hydrogen-bond donors (Lipinski definition) is 12. The highest BCUT2D eigenvalue weighted by molar-refractivity contribution is 7.99. The third-order valence-electron chi connectivity index (χ3n) is 6.72. The van der Waals surface area contributed by atoms with Crippen LogP contribution in [0, 0.1) is 0 Å². The van der Waals surface area contributed by atoms with Crippen molar-refractivity contribution >= 4 is 78.4 Å². The Hall–Kier alpha value is -2.97. The Morgan fingerprint density at radius 2 is 0.829 bits per heavy atom. The highest BCUT2D eigenvalue weighted by atomic mass is 31.2. The Morgan fingerprint density at radius 1 is 0.451 bits per heavy atom. The zero-order valence-electron chi connectivity index (χ0n) is 45.9. The molecule has 0 spiro atoms. The molecule has 12 N–H and O–H groups in total. The van der Waals surface area contributed by atoms with Gasteiger partial charge in [-0.3, -0.25) is 60.5 Å². The van der Waals surface area contributed by atoms with E-state index in [1.54, 1.807) is 31.4 Å². The number of benzene rings is 3. The van der Waals surface area contributed by atoms with E-state index in [0.717, 1.165) is 40.9 Å². The van der Waals surface area contributed by atoms with Crippen molar-refractivity contribution in [3.05, 3.63) is 96.1 Å². The Labute approximate surface area is 471 Å². The van der Waals surface area contributed by atoms with E-state index in [1.165, 1.54) is 52.9 Å². The molecule has 3 rings (SSSR count). The molecular formula is C38H72O36P8. The maximum Gasteiger partial charge on any atom is 0.524 e. The molecule has 4 atom stereocenters. The second-order valence-electron chi connectivity index (χ2n) is 13.3. The van der Waals surface area contributed by atoms with E-state index >= 15 is 0 Å². The number of hydrogen-bond acceptors (Lipinski definition) is 24. The van der Waals surface area contributed by atoms with E-state index in [1.807, 2.05) is 48.5 Å². The number of methoxy groups -OCH3 is 4. The van der Waals surface area contributed by atoms with E-state index in [4.69, 9.17) is 72.9 Å². The number of esters is 1. The molecule has 36 nitrogen and oxygen atoms in total. The lowest BCUT2D eigenvalue weighted by atomic mass is 10.2.